The van der Waals surface area contributed by atoms with Gasteiger partial charge in [0.05, 0.1) is 0 Å². The second kappa shape index (κ2) is 2.39. The van der Waals surface area contributed by atoms with E-state index in [9.17, 15) is 9.13 Å². The summed E-state index contributed by atoms with van der Waals surface area (Å²) in [4.78, 5) is 18.9. The normalized spacial score (nSPS) is 50.8. The predicted octanol–water partition coefficient (Wildman–Crippen LogP) is 0.233. The molecule has 0 bridgehead atoms. The third-order valence-electron chi connectivity index (χ3n) is 1.28. The van der Waals surface area contributed by atoms with Gasteiger partial charge in [0.2, 0.25) is 5.52 Å². The summed E-state index contributed by atoms with van der Waals surface area (Å²) >= 11 is 0. The van der Waals surface area contributed by atoms with Gasteiger partial charge in [-0.1, -0.05) is 0 Å². The molecule has 0 aromatic heterocycles. The molecule has 0 aliphatic carbocycles. The molecule has 11 heavy (non-hydrogen) atoms. The average molecular weight is 201 g/mol. The molecular weight excluding hydrogens is 192 g/mol. The third-order valence-corrected chi connectivity index (χ3v) is 6.99. The molecule has 66 valence electrons. The Balaban J connectivity index is 2.90. The fourth-order valence-corrected chi connectivity index (χ4v) is 5.30. The minimum Gasteiger partial charge on any atom is -0.322 e. The summed E-state index contributed by atoms with van der Waals surface area (Å²) in [7, 11) is -4.80. The Labute approximate surface area is 63.9 Å². The lowest BCUT2D eigenvalue weighted by atomic mass is 11.0. The van der Waals surface area contributed by atoms with Crippen LogP contribution in [0.15, 0.2) is 0 Å². The number of nitrogens with zero attached hydrogens (tertiary/aromatic N) is 1. The van der Waals surface area contributed by atoms with E-state index < -0.39 is 20.7 Å². The van der Waals surface area contributed by atoms with E-state index in [1.165, 1.54) is 19.0 Å². The zero-order valence-electron chi connectivity index (χ0n) is 6.04. The van der Waals surface area contributed by atoms with Crippen molar-refractivity contribution in [2.24, 2.45) is 0 Å². The van der Waals surface area contributed by atoms with E-state index in [0.29, 0.717) is 0 Å². The van der Waals surface area contributed by atoms with E-state index in [0.717, 1.165) is 0 Å². The van der Waals surface area contributed by atoms with Crippen LogP contribution in [0.5, 0.6) is 0 Å². The third kappa shape index (κ3) is 1.43. The minimum absolute atomic E-state index is 1.21. The molecule has 2 atom stereocenters. The summed E-state index contributed by atoms with van der Waals surface area (Å²) in [6.07, 6.45) is 0. The molecule has 1 aliphatic heterocycles. The van der Waals surface area contributed by atoms with Crippen LogP contribution in [0, 0.1) is 0 Å². The quantitative estimate of drug-likeness (QED) is 0.590. The number of hydrogen-bond donors (Lipinski definition) is 2. The molecule has 1 fully saturated rings. The van der Waals surface area contributed by atoms with Crippen molar-refractivity contribution in [2.45, 2.75) is 5.52 Å². The molecule has 2 N–H and O–H groups in total. The van der Waals surface area contributed by atoms with Crippen molar-refractivity contribution in [2.75, 3.05) is 14.1 Å². The summed E-state index contributed by atoms with van der Waals surface area (Å²) in [5, 5.41) is 0. The van der Waals surface area contributed by atoms with Gasteiger partial charge in [-0.2, -0.15) is 0 Å². The Hall–Kier alpha value is 0.300. The molecule has 0 aromatic carbocycles. The lowest BCUT2D eigenvalue weighted by molar-refractivity contribution is 0.233. The van der Waals surface area contributed by atoms with Crippen molar-refractivity contribution >= 4 is 15.2 Å². The Morgan fingerprint density at radius 3 is 1.73 bits per heavy atom. The van der Waals surface area contributed by atoms with E-state index in [-0.39, 0.29) is 0 Å². The predicted molar refractivity (Wildman–Crippen MR) is 38.2 cm³/mol. The van der Waals surface area contributed by atoms with Gasteiger partial charge >= 0.3 is 15.2 Å². The van der Waals surface area contributed by atoms with E-state index in [1.807, 2.05) is 0 Å². The second-order valence-corrected chi connectivity index (χ2v) is 6.82. The van der Waals surface area contributed by atoms with Crippen LogP contribution in [0.1, 0.15) is 0 Å². The Morgan fingerprint density at radius 1 is 1.27 bits per heavy atom. The van der Waals surface area contributed by atoms with Crippen LogP contribution in [0.4, 0.5) is 0 Å². The molecular formula is C3H9NO5P2. The molecule has 2 unspecified atom stereocenters. The van der Waals surface area contributed by atoms with Gasteiger partial charge in [0.15, 0.2) is 0 Å². The Kier molecular flexibility index (Phi) is 2.04. The molecule has 6 nitrogen and oxygen atoms in total. The van der Waals surface area contributed by atoms with Crippen molar-refractivity contribution in [1.82, 2.24) is 4.90 Å². The van der Waals surface area contributed by atoms with E-state index in [4.69, 9.17) is 9.79 Å². The highest BCUT2D eigenvalue weighted by Gasteiger charge is 2.62. The largest absolute Gasteiger partial charge is 0.364 e. The van der Waals surface area contributed by atoms with Crippen LogP contribution in [-0.4, -0.2) is 34.3 Å². The monoisotopic (exact) mass is 201 g/mol. The Morgan fingerprint density at radius 2 is 1.64 bits per heavy atom. The standard InChI is InChI=1S/C3H9NO5P2/c1-4(2)3-10(5,6)9-11(3,7)8/h3H,1-2H3,(H,5,6)(H,7,8). The van der Waals surface area contributed by atoms with Crippen molar-refractivity contribution in [3.8, 4) is 0 Å². The summed E-state index contributed by atoms with van der Waals surface area (Å²) in [5.74, 6) is 0. The van der Waals surface area contributed by atoms with Gasteiger partial charge in [-0.3, -0.25) is 14.0 Å². The fourth-order valence-electron chi connectivity index (χ4n) is 0.979. The van der Waals surface area contributed by atoms with Crippen LogP contribution >= 0.6 is 15.2 Å². The highest BCUT2D eigenvalue weighted by molar-refractivity contribution is 7.84. The first-order valence-electron chi connectivity index (χ1n) is 2.80. The SMILES string of the molecule is CN(C)C1P(=O)(O)OP1(=O)O. The van der Waals surface area contributed by atoms with Gasteiger partial charge < -0.3 is 9.79 Å². The maximum absolute atomic E-state index is 10.8. The van der Waals surface area contributed by atoms with Gasteiger partial charge in [0.25, 0.3) is 0 Å². The highest BCUT2D eigenvalue weighted by Crippen LogP contribution is 2.82. The van der Waals surface area contributed by atoms with Crippen LogP contribution in [-0.2, 0) is 13.4 Å². The summed E-state index contributed by atoms with van der Waals surface area (Å²) in [6.45, 7) is 0. The zero-order chi connectivity index (χ0) is 8.86. The first-order valence-corrected chi connectivity index (χ1v) is 6.09. The lowest BCUT2D eigenvalue weighted by Gasteiger charge is -2.39. The molecule has 0 saturated carbocycles. The smallest absolute Gasteiger partial charge is 0.322 e. The van der Waals surface area contributed by atoms with Crippen LogP contribution < -0.4 is 0 Å². The highest BCUT2D eigenvalue weighted by atomic mass is 31.3. The molecule has 0 spiro atoms. The molecule has 1 heterocycles. The van der Waals surface area contributed by atoms with Crippen LogP contribution in [0.25, 0.3) is 0 Å². The average Bonchev–Trinajstić information content (AvgIpc) is 1.53. The van der Waals surface area contributed by atoms with Gasteiger partial charge in [-0.05, 0) is 14.1 Å². The van der Waals surface area contributed by atoms with E-state index >= 15 is 0 Å². The first-order chi connectivity index (χ1) is 4.77. The summed E-state index contributed by atoms with van der Waals surface area (Å²) in [6, 6.07) is 0. The maximum atomic E-state index is 10.8. The Bertz CT molecular complexity index is 240. The molecule has 1 saturated heterocycles. The van der Waals surface area contributed by atoms with Crippen molar-refractivity contribution in [3.05, 3.63) is 0 Å². The van der Waals surface area contributed by atoms with Gasteiger partial charge in [0.1, 0.15) is 0 Å². The molecule has 0 radical (unpaired) electrons. The minimum atomic E-state index is -3.84. The maximum Gasteiger partial charge on any atom is 0.364 e. The molecule has 0 aromatic rings. The van der Waals surface area contributed by atoms with E-state index in [1.54, 1.807) is 0 Å². The van der Waals surface area contributed by atoms with Crippen molar-refractivity contribution < 1.29 is 23.2 Å². The summed E-state index contributed by atoms with van der Waals surface area (Å²) < 4.78 is 25.6. The van der Waals surface area contributed by atoms with Gasteiger partial charge in [-0.15, -0.1) is 0 Å². The van der Waals surface area contributed by atoms with E-state index in [2.05, 4.69) is 4.31 Å². The van der Waals surface area contributed by atoms with Gasteiger partial charge in [0, 0.05) is 0 Å². The van der Waals surface area contributed by atoms with Crippen LogP contribution in [0.3, 0.4) is 0 Å². The topological polar surface area (TPSA) is 87.1 Å². The van der Waals surface area contributed by atoms with Crippen LogP contribution in [0.2, 0.25) is 0 Å². The molecule has 0 amide bonds. The summed E-state index contributed by atoms with van der Waals surface area (Å²) in [5.41, 5.74) is -1.25. The van der Waals surface area contributed by atoms with Crippen molar-refractivity contribution in [3.63, 3.8) is 0 Å². The fraction of sp³-hybridized carbons (Fsp3) is 1.00. The first kappa shape index (κ1) is 9.39. The molecule has 1 aliphatic rings. The number of rotatable bonds is 1. The lowest BCUT2D eigenvalue weighted by Crippen LogP contribution is -2.35. The van der Waals surface area contributed by atoms with Gasteiger partial charge in [-0.25, -0.2) is 4.31 Å². The van der Waals surface area contributed by atoms with Crippen molar-refractivity contribution in [1.29, 1.82) is 0 Å². The second-order valence-electron chi connectivity index (χ2n) is 2.52. The molecule has 8 heteroatoms. The number of hydrogen-bond acceptors (Lipinski definition) is 4. The molecule has 1 rings (SSSR count). The zero-order valence-corrected chi connectivity index (χ0v) is 7.83.